The molecule has 0 spiro atoms. The third kappa shape index (κ3) is 7.07. The van der Waals surface area contributed by atoms with Crippen LogP contribution in [0.5, 0.6) is 0 Å². The van der Waals surface area contributed by atoms with Gasteiger partial charge in [-0.3, -0.25) is 9.59 Å². The minimum absolute atomic E-state index is 0. The van der Waals surface area contributed by atoms with Crippen molar-refractivity contribution in [2.75, 3.05) is 32.8 Å². The van der Waals surface area contributed by atoms with Crippen LogP contribution in [0, 0.1) is 5.92 Å². The summed E-state index contributed by atoms with van der Waals surface area (Å²) in [5.74, 6) is 0.437. The van der Waals surface area contributed by atoms with Crippen molar-refractivity contribution in [1.82, 2.24) is 20.5 Å². The van der Waals surface area contributed by atoms with Crippen LogP contribution in [0.3, 0.4) is 0 Å². The molecule has 2 saturated heterocycles. The molecule has 0 radical (unpaired) electrons. The molecular weight excluding hydrogens is 435 g/mol. The number of thiazole rings is 1. The summed E-state index contributed by atoms with van der Waals surface area (Å²) in [7, 11) is 0. The van der Waals surface area contributed by atoms with Crippen molar-refractivity contribution in [3.05, 3.63) is 16.1 Å². The van der Waals surface area contributed by atoms with Crippen LogP contribution in [0.15, 0.2) is 6.20 Å². The molecule has 3 unspecified atom stereocenters. The van der Waals surface area contributed by atoms with Crippen molar-refractivity contribution in [2.45, 2.75) is 51.7 Å². The van der Waals surface area contributed by atoms with Crippen LogP contribution in [0.25, 0.3) is 0 Å². The Kier molecular flexibility index (Phi) is 11.4. The summed E-state index contributed by atoms with van der Waals surface area (Å²) in [6.45, 7) is 7.53. The van der Waals surface area contributed by atoms with Gasteiger partial charge in [-0.05, 0) is 52.0 Å². The number of likely N-dealkylation sites (tertiary alicyclic amines) is 1. The van der Waals surface area contributed by atoms with E-state index < -0.39 is 0 Å². The summed E-state index contributed by atoms with van der Waals surface area (Å²) in [6, 6.07) is -0.0470. The van der Waals surface area contributed by atoms with E-state index in [1.165, 1.54) is 11.3 Å². The number of hydrogen-bond acceptors (Lipinski definition) is 6. The molecule has 2 amide bonds. The first-order valence-corrected chi connectivity index (χ1v) is 10.8. The number of nitrogens with one attached hydrogen (secondary N) is 2. The summed E-state index contributed by atoms with van der Waals surface area (Å²) < 4.78 is 5.56. The van der Waals surface area contributed by atoms with Gasteiger partial charge in [0.25, 0.3) is 5.91 Å². The fourth-order valence-corrected chi connectivity index (χ4v) is 4.63. The first-order chi connectivity index (χ1) is 13.1. The summed E-state index contributed by atoms with van der Waals surface area (Å²) in [5.41, 5.74) is 0. The van der Waals surface area contributed by atoms with Gasteiger partial charge in [0, 0.05) is 26.2 Å². The highest BCUT2D eigenvalue weighted by molar-refractivity contribution is 7.13. The molecule has 2 fully saturated rings. The molecular formula is C19H32Cl2N4O3S. The molecule has 2 aliphatic rings. The average molecular weight is 467 g/mol. The molecule has 1 aromatic heterocycles. The number of carbonyl (C=O) groups excluding carboxylic acids is 2. The first-order valence-electron chi connectivity index (χ1n) is 9.96. The zero-order valence-electron chi connectivity index (χ0n) is 17.0. The molecule has 2 aliphatic heterocycles. The van der Waals surface area contributed by atoms with Crippen LogP contribution < -0.4 is 10.6 Å². The minimum atomic E-state index is -0.0879. The van der Waals surface area contributed by atoms with Gasteiger partial charge in [-0.2, -0.15) is 0 Å². The number of halogens is 2. The molecule has 0 aromatic carbocycles. The summed E-state index contributed by atoms with van der Waals surface area (Å²) in [6.07, 6.45) is 5.55. The maximum atomic E-state index is 12.8. The Bertz CT molecular complexity index is 655. The van der Waals surface area contributed by atoms with Crippen molar-refractivity contribution in [1.29, 1.82) is 0 Å². The lowest BCUT2D eigenvalue weighted by Gasteiger charge is -2.32. The summed E-state index contributed by atoms with van der Waals surface area (Å²) >= 11 is 1.41. The van der Waals surface area contributed by atoms with Crippen LogP contribution >= 0.6 is 36.2 Å². The number of nitrogens with zero attached hydrogens (tertiary/aromatic N) is 2. The van der Waals surface area contributed by atoms with Crippen LogP contribution in [0.2, 0.25) is 0 Å². The monoisotopic (exact) mass is 466 g/mol. The van der Waals surface area contributed by atoms with Crippen molar-refractivity contribution < 1.29 is 14.3 Å². The quantitative estimate of drug-likeness (QED) is 0.645. The second-order valence-corrected chi connectivity index (χ2v) is 8.38. The highest BCUT2D eigenvalue weighted by atomic mass is 35.5. The van der Waals surface area contributed by atoms with Gasteiger partial charge < -0.3 is 20.3 Å². The standard InChI is InChI=1S/C19H30N4O3S.2ClH/c1-3-26-13(2)18-22-11-16(27-18)19(25)23-9-5-6-14(12-23)10-21-17(24)15-7-4-8-20-15;;/h11,13-15,20H,3-10,12H2,1-2H3,(H,21,24);2*1H. The zero-order valence-corrected chi connectivity index (χ0v) is 19.5. The Hall–Kier alpha value is -0.930. The third-order valence-electron chi connectivity index (χ3n) is 5.25. The van der Waals surface area contributed by atoms with Crippen molar-refractivity contribution in [2.24, 2.45) is 5.92 Å². The van der Waals surface area contributed by atoms with Gasteiger partial charge in [0.1, 0.15) is 16.0 Å². The normalized spacial score (nSPS) is 22.3. The SMILES string of the molecule is CCOC(C)c1ncc(C(=O)N2CCCC(CNC(=O)C3CCCN3)C2)s1.Cl.Cl. The van der Waals surface area contributed by atoms with E-state index in [1.807, 2.05) is 18.7 Å². The number of aromatic nitrogens is 1. The third-order valence-corrected chi connectivity index (χ3v) is 6.39. The van der Waals surface area contributed by atoms with E-state index >= 15 is 0 Å². The maximum Gasteiger partial charge on any atom is 0.265 e. The number of piperidine rings is 1. The van der Waals surface area contributed by atoms with Crippen LogP contribution in [-0.2, 0) is 9.53 Å². The molecule has 10 heteroatoms. The molecule has 3 rings (SSSR count). The van der Waals surface area contributed by atoms with Gasteiger partial charge in [0.05, 0.1) is 12.2 Å². The predicted octanol–water partition coefficient (Wildman–Crippen LogP) is 2.80. The minimum Gasteiger partial charge on any atom is -0.372 e. The molecule has 3 atom stereocenters. The lowest BCUT2D eigenvalue weighted by molar-refractivity contribution is -0.123. The molecule has 0 aliphatic carbocycles. The first kappa shape index (κ1) is 26.1. The van der Waals surface area contributed by atoms with E-state index in [9.17, 15) is 9.59 Å². The van der Waals surface area contributed by atoms with Crippen molar-refractivity contribution >= 4 is 48.0 Å². The number of hydrogen-bond donors (Lipinski definition) is 2. The van der Waals surface area contributed by atoms with Crippen LogP contribution in [0.1, 0.15) is 60.3 Å². The molecule has 3 heterocycles. The second-order valence-electron chi connectivity index (χ2n) is 7.31. The number of amides is 2. The molecule has 1 aromatic rings. The fraction of sp³-hybridized carbons (Fsp3) is 0.737. The maximum absolute atomic E-state index is 12.8. The van der Waals surface area contributed by atoms with Crippen LogP contribution in [-0.4, -0.2) is 60.5 Å². The molecule has 29 heavy (non-hydrogen) atoms. The highest BCUT2D eigenvalue weighted by Crippen LogP contribution is 2.25. The largest absolute Gasteiger partial charge is 0.372 e. The van der Waals surface area contributed by atoms with Crippen molar-refractivity contribution in [3.63, 3.8) is 0 Å². The number of rotatable bonds is 7. The highest BCUT2D eigenvalue weighted by Gasteiger charge is 2.28. The Labute approximate surface area is 189 Å². The van der Waals surface area contributed by atoms with Gasteiger partial charge >= 0.3 is 0 Å². The van der Waals surface area contributed by atoms with Gasteiger partial charge in [0.15, 0.2) is 0 Å². The number of carbonyl (C=O) groups is 2. The van der Waals surface area contributed by atoms with Gasteiger partial charge in [-0.15, -0.1) is 36.2 Å². The Morgan fingerprint density at radius 2 is 2.17 bits per heavy atom. The smallest absolute Gasteiger partial charge is 0.265 e. The van der Waals surface area contributed by atoms with E-state index in [0.29, 0.717) is 30.5 Å². The predicted molar refractivity (Wildman–Crippen MR) is 119 cm³/mol. The lowest BCUT2D eigenvalue weighted by Crippen LogP contribution is -2.46. The molecule has 0 saturated carbocycles. The van der Waals surface area contributed by atoms with E-state index in [4.69, 9.17) is 4.74 Å². The zero-order chi connectivity index (χ0) is 19.2. The van der Waals surface area contributed by atoms with E-state index in [2.05, 4.69) is 15.6 Å². The Morgan fingerprint density at radius 3 is 2.86 bits per heavy atom. The van der Waals surface area contributed by atoms with E-state index in [-0.39, 0.29) is 48.8 Å². The van der Waals surface area contributed by atoms with Gasteiger partial charge in [0.2, 0.25) is 5.91 Å². The van der Waals surface area contributed by atoms with Gasteiger partial charge in [-0.1, -0.05) is 0 Å². The molecule has 166 valence electrons. The van der Waals surface area contributed by atoms with E-state index in [0.717, 1.165) is 43.8 Å². The second kappa shape index (κ2) is 12.7. The fourth-order valence-electron chi connectivity index (χ4n) is 3.74. The van der Waals surface area contributed by atoms with E-state index in [1.54, 1.807) is 6.20 Å². The van der Waals surface area contributed by atoms with Crippen molar-refractivity contribution in [3.8, 4) is 0 Å². The molecule has 2 N–H and O–H groups in total. The topological polar surface area (TPSA) is 83.6 Å². The van der Waals surface area contributed by atoms with Crippen LogP contribution in [0.4, 0.5) is 0 Å². The lowest BCUT2D eigenvalue weighted by atomic mass is 9.97. The summed E-state index contributed by atoms with van der Waals surface area (Å²) in [4.78, 5) is 31.9. The van der Waals surface area contributed by atoms with Gasteiger partial charge in [-0.25, -0.2) is 4.98 Å². The Balaban J connectivity index is 0.00000210. The summed E-state index contributed by atoms with van der Waals surface area (Å²) in [5, 5.41) is 7.12. The molecule has 0 bridgehead atoms. The Morgan fingerprint density at radius 1 is 1.38 bits per heavy atom. The number of ether oxygens (including phenoxy) is 1. The average Bonchev–Trinajstić information content (AvgIpc) is 3.38. The molecule has 7 nitrogen and oxygen atoms in total.